The van der Waals surface area contributed by atoms with Crippen molar-refractivity contribution in [3.05, 3.63) is 46.8 Å². The summed E-state index contributed by atoms with van der Waals surface area (Å²) in [6, 6.07) is 9.85. The summed E-state index contributed by atoms with van der Waals surface area (Å²) in [5, 5.41) is 0. The van der Waals surface area contributed by atoms with Crippen molar-refractivity contribution in [2.45, 2.75) is 37.6 Å². The largest absolute Gasteiger partial charge is 0.454 e. The minimum Gasteiger partial charge on any atom is -0.454 e. The number of aryl methyl sites for hydroxylation is 1. The number of carbonyl (C=O) groups is 1. The first-order valence-corrected chi connectivity index (χ1v) is 12.9. The minimum atomic E-state index is -3.53. The molecule has 2 aliphatic heterocycles. The second-order valence-corrected chi connectivity index (χ2v) is 10.7. The number of ether oxygens (including phenoxy) is 2. The molecule has 1 saturated heterocycles. The van der Waals surface area contributed by atoms with Gasteiger partial charge < -0.3 is 14.0 Å². The number of nitrogens with zero attached hydrogens (tertiary/aromatic N) is 3. The van der Waals surface area contributed by atoms with E-state index in [1.54, 1.807) is 0 Å². The van der Waals surface area contributed by atoms with Crippen LogP contribution in [-0.4, -0.2) is 43.1 Å². The molecule has 3 aromatic rings. The summed E-state index contributed by atoms with van der Waals surface area (Å²) < 4.78 is 41.0. The fourth-order valence-electron chi connectivity index (χ4n) is 4.03. The molecule has 0 spiro atoms. The van der Waals surface area contributed by atoms with Gasteiger partial charge in [0.05, 0.1) is 15.1 Å². The van der Waals surface area contributed by atoms with E-state index in [2.05, 4.69) is 4.99 Å². The smallest absolute Gasteiger partial charge is 0.279 e. The molecule has 2 aliphatic rings. The molecule has 0 aliphatic carbocycles. The number of carbonyl (C=O) groups excluding carboxylic acids is 1. The Balaban J connectivity index is 1.45. The van der Waals surface area contributed by atoms with Crippen LogP contribution in [0.1, 0.15) is 36.5 Å². The molecule has 3 heterocycles. The van der Waals surface area contributed by atoms with Crippen LogP contribution in [0.3, 0.4) is 0 Å². The van der Waals surface area contributed by atoms with Gasteiger partial charge in [-0.2, -0.15) is 9.30 Å². The topological polar surface area (TPSA) is 90.2 Å². The summed E-state index contributed by atoms with van der Waals surface area (Å²) in [4.78, 5) is 17.9. The van der Waals surface area contributed by atoms with E-state index in [9.17, 15) is 13.2 Å². The van der Waals surface area contributed by atoms with Crippen molar-refractivity contribution in [1.82, 2.24) is 8.87 Å². The number of benzene rings is 2. The van der Waals surface area contributed by atoms with Crippen LogP contribution in [0.15, 0.2) is 46.3 Å². The Morgan fingerprint density at radius 3 is 2.44 bits per heavy atom. The Bertz CT molecular complexity index is 1350. The standard InChI is InChI=1S/C22H23N3O5S2/c1-2-25-17-12-18-19(30-14-29-18)13-20(17)31-22(25)23-21(26)15-6-8-16(9-7-15)32(27,28)24-10-4-3-5-11-24/h6-9,12-13H,2-5,10-11,14H2,1H3. The fourth-order valence-corrected chi connectivity index (χ4v) is 6.65. The third kappa shape index (κ3) is 3.72. The number of piperidine rings is 1. The molecule has 32 heavy (non-hydrogen) atoms. The maximum atomic E-state index is 12.8. The van der Waals surface area contributed by atoms with Gasteiger partial charge in [-0.1, -0.05) is 17.8 Å². The van der Waals surface area contributed by atoms with Gasteiger partial charge in [0.2, 0.25) is 16.8 Å². The van der Waals surface area contributed by atoms with Crippen LogP contribution in [-0.2, 0) is 16.6 Å². The SMILES string of the molecule is CCn1c(=NC(=O)c2ccc(S(=O)(=O)N3CCCCC3)cc2)sc2cc3c(cc21)OCO3. The second-order valence-electron chi connectivity index (χ2n) is 7.71. The quantitative estimate of drug-likeness (QED) is 0.580. The van der Waals surface area contributed by atoms with E-state index in [0.29, 0.717) is 41.5 Å². The molecule has 1 aromatic heterocycles. The van der Waals surface area contributed by atoms with Gasteiger partial charge in [0, 0.05) is 37.3 Å². The number of sulfonamides is 1. The molecule has 1 amide bonds. The number of amides is 1. The van der Waals surface area contributed by atoms with Crippen LogP contribution in [0.2, 0.25) is 0 Å². The van der Waals surface area contributed by atoms with Crippen LogP contribution in [0.25, 0.3) is 10.2 Å². The lowest BCUT2D eigenvalue weighted by Crippen LogP contribution is -2.35. The maximum Gasteiger partial charge on any atom is 0.279 e. The zero-order valence-electron chi connectivity index (χ0n) is 17.6. The van der Waals surface area contributed by atoms with Crippen LogP contribution in [0.5, 0.6) is 11.5 Å². The number of fused-ring (bicyclic) bond motifs is 2. The van der Waals surface area contributed by atoms with Gasteiger partial charge in [0.15, 0.2) is 16.3 Å². The highest BCUT2D eigenvalue weighted by Crippen LogP contribution is 2.37. The molecule has 1 fully saturated rings. The maximum absolute atomic E-state index is 12.8. The molecule has 0 saturated carbocycles. The summed E-state index contributed by atoms with van der Waals surface area (Å²) in [5.41, 5.74) is 1.27. The molecule has 8 nitrogen and oxygen atoms in total. The summed E-state index contributed by atoms with van der Waals surface area (Å²) in [5.74, 6) is 0.951. The lowest BCUT2D eigenvalue weighted by molar-refractivity contribution is 0.0997. The van der Waals surface area contributed by atoms with Crippen LogP contribution >= 0.6 is 11.3 Å². The number of hydrogen-bond donors (Lipinski definition) is 0. The van der Waals surface area contributed by atoms with Crippen molar-refractivity contribution < 1.29 is 22.7 Å². The number of hydrogen-bond acceptors (Lipinski definition) is 6. The average Bonchev–Trinajstić information content (AvgIpc) is 3.41. The number of rotatable bonds is 4. The molecule has 0 bridgehead atoms. The average molecular weight is 474 g/mol. The van der Waals surface area contributed by atoms with E-state index in [4.69, 9.17) is 9.47 Å². The molecular weight excluding hydrogens is 450 g/mol. The molecule has 0 radical (unpaired) electrons. The highest BCUT2D eigenvalue weighted by atomic mass is 32.2. The first-order valence-electron chi connectivity index (χ1n) is 10.6. The molecular formula is C22H23N3O5S2. The van der Waals surface area contributed by atoms with Gasteiger partial charge in [-0.05, 0) is 44.0 Å². The van der Waals surface area contributed by atoms with Crippen LogP contribution in [0, 0.1) is 0 Å². The molecule has 0 N–H and O–H groups in total. The number of thiazole rings is 1. The third-order valence-electron chi connectivity index (χ3n) is 5.74. The molecule has 0 atom stereocenters. The van der Waals surface area contributed by atoms with Gasteiger partial charge in [-0.25, -0.2) is 8.42 Å². The van der Waals surface area contributed by atoms with Crippen LogP contribution < -0.4 is 14.3 Å². The fraction of sp³-hybridized carbons (Fsp3) is 0.364. The molecule has 5 rings (SSSR count). The lowest BCUT2D eigenvalue weighted by atomic mass is 10.2. The van der Waals surface area contributed by atoms with Gasteiger partial charge in [-0.15, -0.1) is 0 Å². The normalized spacial score (nSPS) is 17.2. The van der Waals surface area contributed by atoms with E-state index in [1.807, 2.05) is 23.6 Å². The Morgan fingerprint density at radius 1 is 1.06 bits per heavy atom. The van der Waals surface area contributed by atoms with E-state index in [1.165, 1.54) is 39.9 Å². The first-order chi connectivity index (χ1) is 15.5. The van der Waals surface area contributed by atoms with Crippen molar-refractivity contribution in [2.24, 2.45) is 4.99 Å². The Hall–Kier alpha value is -2.69. The summed E-state index contributed by atoms with van der Waals surface area (Å²) in [6.45, 7) is 3.92. The van der Waals surface area contributed by atoms with Crippen molar-refractivity contribution in [1.29, 1.82) is 0 Å². The summed E-state index contributed by atoms with van der Waals surface area (Å²) >= 11 is 1.40. The lowest BCUT2D eigenvalue weighted by Gasteiger charge is -2.25. The minimum absolute atomic E-state index is 0.205. The van der Waals surface area contributed by atoms with E-state index in [0.717, 1.165) is 29.5 Å². The zero-order chi connectivity index (χ0) is 22.3. The van der Waals surface area contributed by atoms with Gasteiger partial charge in [0.25, 0.3) is 5.91 Å². The van der Waals surface area contributed by atoms with Crippen molar-refractivity contribution in [2.75, 3.05) is 19.9 Å². The van der Waals surface area contributed by atoms with E-state index >= 15 is 0 Å². The molecule has 0 unspecified atom stereocenters. The van der Waals surface area contributed by atoms with Crippen molar-refractivity contribution in [3.8, 4) is 11.5 Å². The highest BCUT2D eigenvalue weighted by Gasteiger charge is 2.26. The molecule has 10 heteroatoms. The predicted octanol–water partition coefficient (Wildman–Crippen LogP) is 3.37. The van der Waals surface area contributed by atoms with Crippen LogP contribution in [0.4, 0.5) is 0 Å². The third-order valence-corrected chi connectivity index (χ3v) is 8.70. The summed E-state index contributed by atoms with van der Waals surface area (Å²) in [6.07, 6.45) is 2.81. The Labute approximate surface area is 189 Å². The highest BCUT2D eigenvalue weighted by molar-refractivity contribution is 7.89. The monoisotopic (exact) mass is 473 g/mol. The van der Waals surface area contributed by atoms with Crippen molar-refractivity contribution in [3.63, 3.8) is 0 Å². The Kier molecular flexibility index (Phi) is 5.52. The van der Waals surface area contributed by atoms with Gasteiger partial charge in [-0.3, -0.25) is 4.79 Å². The van der Waals surface area contributed by atoms with Gasteiger partial charge >= 0.3 is 0 Å². The molecule has 168 valence electrons. The van der Waals surface area contributed by atoms with E-state index < -0.39 is 15.9 Å². The summed E-state index contributed by atoms with van der Waals surface area (Å²) in [7, 11) is -3.53. The van der Waals surface area contributed by atoms with Crippen molar-refractivity contribution >= 4 is 37.5 Å². The zero-order valence-corrected chi connectivity index (χ0v) is 19.2. The molecule has 2 aromatic carbocycles. The van der Waals surface area contributed by atoms with Gasteiger partial charge in [0.1, 0.15) is 0 Å². The predicted molar refractivity (Wildman–Crippen MR) is 121 cm³/mol. The van der Waals surface area contributed by atoms with E-state index in [-0.39, 0.29) is 11.7 Å². The first kappa shape index (κ1) is 21.2. The second kappa shape index (κ2) is 8.34. The number of aromatic nitrogens is 1. The Morgan fingerprint density at radius 2 is 1.75 bits per heavy atom.